The van der Waals surface area contributed by atoms with Gasteiger partial charge < -0.3 is 19.3 Å². The van der Waals surface area contributed by atoms with Crippen LogP contribution in [0.5, 0.6) is 0 Å². The first-order chi connectivity index (χ1) is 12.0. The molecule has 1 aromatic heterocycles. The number of aromatic nitrogens is 2. The molecule has 0 radical (unpaired) electrons. The second kappa shape index (κ2) is 7.09. The molecule has 3 heterocycles. The molecule has 0 aliphatic carbocycles. The molecule has 3 rings (SSSR count). The Morgan fingerprint density at radius 2 is 2.16 bits per heavy atom. The van der Waals surface area contributed by atoms with Crippen LogP contribution in [0.1, 0.15) is 31.0 Å². The van der Waals surface area contributed by atoms with E-state index in [1.54, 1.807) is 19.1 Å². The molecule has 1 amide bonds. The molecule has 9 heteroatoms. The molecule has 1 aromatic rings. The highest BCUT2D eigenvalue weighted by Crippen LogP contribution is 2.42. The lowest BCUT2D eigenvalue weighted by atomic mass is 9.77. The molecule has 1 unspecified atom stereocenters. The van der Waals surface area contributed by atoms with Gasteiger partial charge in [-0.3, -0.25) is 14.5 Å². The highest BCUT2D eigenvalue weighted by molar-refractivity contribution is 5.88. The van der Waals surface area contributed by atoms with Gasteiger partial charge in [0.15, 0.2) is 5.82 Å². The van der Waals surface area contributed by atoms with Crippen molar-refractivity contribution >= 4 is 11.9 Å². The van der Waals surface area contributed by atoms with Crippen LogP contribution in [-0.4, -0.2) is 76.3 Å². The van der Waals surface area contributed by atoms with Crippen molar-refractivity contribution in [3.8, 4) is 0 Å². The minimum Gasteiger partial charge on any atom is -0.481 e. The number of hydrogen-bond acceptors (Lipinski definition) is 7. The summed E-state index contributed by atoms with van der Waals surface area (Å²) in [7, 11) is 3.35. The van der Waals surface area contributed by atoms with Crippen LogP contribution in [0.4, 0.5) is 0 Å². The highest BCUT2D eigenvalue weighted by atomic mass is 16.5. The van der Waals surface area contributed by atoms with Crippen molar-refractivity contribution in [2.75, 3.05) is 33.9 Å². The number of carboxylic acid groups (broad SMARTS) is 1. The van der Waals surface area contributed by atoms with Gasteiger partial charge in [-0.2, -0.15) is 4.98 Å². The van der Waals surface area contributed by atoms with Gasteiger partial charge in [-0.05, 0) is 12.8 Å². The quantitative estimate of drug-likeness (QED) is 0.771. The normalized spacial score (nSPS) is 23.5. The Morgan fingerprint density at radius 3 is 2.80 bits per heavy atom. The lowest BCUT2D eigenvalue weighted by Gasteiger charge is -2.45. The van der Waals surface area contributed by atoms with Crippen LogP contribution in [0, 0.1) is 5.92 Å². The summed E-state index contributed by atoms with van der Waals surface area (Å²) in [6, 6.07) is 0. The van der Waals surface area contributed by atoms with Gasteiger partial charge in [-0.1, -0.05) is 5.16 Å². The average Bonchev–Trinajstić information content (AvgIpc) is 3.13. The molecule has 0 aromatic carbocycles. The van der Waals surface area contributed by atoms with E-state index in [1.165, 1.54) is 0 Å². The van der Waals surface area contributed by atoms with Crippen molar-refractivity contribution in [1.82, 2.24) is 19.9 Å². The number of ether oxygens (including phenoxy) is 1. The van der Waals surface area contributed by atoms with E-state index in [0.29, 0.717) is 57.2 Å². The Hall–Kier alpha value is -2.00. The Bertz CT molecular complexity index is 638. The van der Waals surface area contributed by atoms with E-state index in [0.717, 1.165) is 0 Å². The zero-order chi connectivity index (χ0) is 18.0. The summed E-state index contributed by atoms with van der Waals surface area (Å²) in [6.45, 7) is 2.46. The fourth-order valence-corrected chi connectivity index (χ4v) is 3.92. The van der Waals surface area contributed by atoms with Crippen molar-refractivity contribution in [2.24, 2.45) is 5.92 Å². The zero-order valence-electron chi connectivity index (χ0n) is 14.6. The van der Waals surface area contributed by atoms with Crippen molar-refractivity contribution in [3.05, 3.63) is 11.7 Å². The Morgan fingerprint density at radius 1 is 1.44 bits per heavy atom. The number of rotatable bonds is 6. The van der Waals surface area contributed by atoms with Gasteiger partial charge in [0.2, 0.25) is 11.8 Å². The van der Waals surface area contributed by atoms with E-state index in [9.17, 15) is 14.7 Å². The number of likely N-dealkylation sites (tertiary alicyclic amines) is 2. The van der Waals surface area contributed by atoms with E-state index in [4.69, 9.17) is 9.26 Å². The molecular formula is C16H24N4O5. The van der Waals surface area contributed by atoms with Gasteiger partial charge in [0.25, 0.3) is 0 Å². The maximum atomic E-state index is 12.0. The summed E-state index contributed by atoms with van der Waals surface area (Å²) in [5.41, 5.74) is -0.572. The number of carbonyl (C=O) groups is 2. The number of aliphatic carboxylic acids is 1. The van der Waals surface area contributed by atoms with Crippen LogP contribution in [0.25, 0.3) is 0 Å². The minimum atomic E-state index is -0.883. The molecule has 0 bridgehead atoms. The molecule has 1 atom stereocenters. The van der Waals surface area contributed by atoms with Crippen LogP contribution in [0.15, 0.2) is 4.52 Å². The first-order valence-electron chi connectivity index (χ1n) is 8.48. The summed E-state index contributed by atoms with van der Waals surface area (Å²) in [4.78, 5) is 31.8. The SMILES string of the molecule is COCCc1noc(CN2CCC3(CC2)C(C(=O)O)CC(=O)N3C)n1. The van der Waals surface area contributed by atoms with E-state index in [2.05, 4.69) is 15.0 Å². The Kier molecular flexibility index (Phi) is 5.05. The molecule has 0 saturated carbocycles. The maximum Gasteiger partial charge on any atom is 0.309 e. The summed E-state index contributed by atoms with van der Waals surface area (Å²) in [5, 5.41) is 13.4. The van der Waals surface area contributed by atoms with Gasteiger partial charge in [0.05, 0.1) is 24.6 Å². The monoisotopic (exact) mass is 352 g/mol. The number of methoxy groups -OCH3 is 1. The summed E-state index contributed by atoms with van der Waals surface area (Å²) in [5.74, 6) is -0.423. The summed E-state index contributed by atoms with van der Waals surface area (Å²) in [6.07, 6.45) is 1.97. The van der Waals surface area contributed by atoms with Crippen molar-refractivity contribution in [2.45, 2.75) is 37.8 Å². The highest BCUT2D eigenvalue weighted by Gasteiger charge is 2.55. The molecule has 2 aliphatic rings. The molecule has 138 valence electrons. The molecule has 2 aliphatic heterocycles. The predicted octanol–water partition coefficient (Wildman–Crippen LogP) is 0.156. The van der Waals surface area contributed by atoms with Crippen LogP contribution in [0.2, 0.25) is 0 Å². The van der Waals surface area contributed by atoms with Gasteiger partial charge >= 0.3 is 5.97 Å². The van der Waals surface area contributed by atoms with E-state index in [1.807, 2.05) is 0 Å². The summed E-state index contributed by atoms with van der Waals surface area (Å²) < 4.78 is 10.3. The third-order valence-corrected chi connectivity index (χ3v) is 5.49. The van der Waals surface area contributed by atoms with Crippen LogP contribution in [0.3, 0.4) is 0 Å². The third kappa shape index (κ3) is 3.38. The number of nitrogens with zero attached hydrogens (tertiary/aromatic N) is 4. The predicted molar refractivity (Wildman–Crippen MR) is 85.6 cm³/mol. The van der Waals surface area contributed by atoms with E-state index >= 15 is 0 Å². The van der Waals surface area contributed by atoms with Gasteiger partial charge in [0.1, 0.15) is 0 Å². The second-order valence-electron chi connectivity index (χ2n) is 6.77. The molecule has 2 saturated heterocycles. The molecule has 2 fully saturated rings. The molecule has 9 nitrogen and oxygen atoms in total. The molecule has 1 spiro atoms. The molecule has 25 heavy (non-hydrogen) atoms. The Labute approximate surface area is 145 Å². The number of piperidine rings is 1. The molecule has 1 N–H and O–H groups in total. The van der Waals surface area contributed by atoms with E-state index in [-0.39, 0.29) is 12.3 Å². The zero-order valence-corrected chi connectivity index (χ0v) is 14.6. The lowest BCUT2D eigenvalue weighted by Crippen LogP contribution is -2.55. The van der Waals surface area contributed by atoms with Crippen molar-refractivity contribution in [1.29, 1.82) is 0 Å². The third-order valence-electron chi connectivity index (χ3n) is 5.49. The second-order valence-corrected chi connectivity index (χ2v) is 6.77. The van der Waals surface area contributed by atoms with Crippen molar-refractivity contribution in [3.63, 3.8) is 0 Å². The first kappa shape index (κ1) is 17.8. The number of carbonyl (C=O) groups excluding carboxylic acids is 1. The number of carboxylic acids is 1. The number of hydrogen-bond donors (Lipinski definition) is 1. The van der Waals surface area contributed by atoms with Crippen molar-refractivity contribution < 1.29 is 24.0 Å². The topological polar surface area (TPSA) is 109 Å². The standard InChI is InChI=1S/C16H24N4O5/c1-19-14(21)9-11(15(22)23)16(19)4-6-20(7-5-16)10-13-17-12(18-25-13)3-8-24-2/h11H,3-10H2,1-2H3,(H,22,23). The molecular weight excluding hydrogens is 328 g/mol. The first-order valence-corrected chi connectivity index (χ1v) is 8.48. The number of amides is 1. The van der Waals surface area contributed by atoms with Crippen LogP contribution in [-0.2, 0) is 27.3 Å². The fraction of sp³-hybridized carbons (Fsp3) is 0.750. The van der Waals surface area contributed by atoms with E-state index < -0.39 is 17.4 Å². The van der Waals surface area contributed by atoms with Gasteiger partial charge in [-0.15, -0.1) is 0 Å². The maximum absolute atomic E-state index is 12.0. The lowest BCUT2D eigenvalue weighted by molar-refractivity contribution is -0.146. The summed E-state index contributed by atoms with van der Waals surface area (Å²) >= 11 is 0. The smallest absolute Gasteiger partial charge is 0.309 e. The minimum absolute atomic E-state index is 0.0828. The van der Waals surface area contributed by atoms with Gasteiger partial charge in [-0.25, -0.2) is 0 Å². The van der Waals surface area contributed by atoms with Crippen LogP contribution >= 0.6 is 0 Å². The largest absolute Gasteiger partial charge is 0.481 e. The Balaban J connectivity index is 1.60. The van der Waals surface area contributed by atoms with Crippen LogP contribution < -0.4 is 0 Å². The fourth-order valence-electron chi connectivity index (χ4n) is 3.92. The van der Waals surface area contributed by atoms with Gasteiger partial charge in [0, 0.05) is 40.1 Å². The average molecular weight is 352 g/mol.